The minimum absolute atomic E-state index is 0.326. The third-order valence-corrected chi connectivity index (χ3v) is 3.52. The quantitative estimate of drug-likeness (QED) is 0.755. The Morgan fingerprint density at radius 1 is 1.13 bits per heavy atom. The molecule has 2 nitrogen and oxygen atoms in total. The topological polar surface area (TPSA) is 34.1 Å². The van der Waals surface area contributed by atoms with Crippen molar-refractivity contribution in [3.8, 4) is 0 Å². The molecule has 0 N–H and O–H groups in total. The number of fused-ring (bicyclic) bond motifs is 1. The Labute approximate surface area is 95.1 Å². The van der Waals surface area contributed by atoms with Crippen molar-refractivity contribution in [1.82, 2.24) is 0 Å². The van der Waals surface area contributed by atoms with Crippen molar-refractivity contribution in [2.45, 2.75) is 4.90 Å². The molecule has 0 saturated heterocycles. The third-order valence-electron chi connectivity index (χ3n) is 2.07. The number of hydrogen-bond acceptors (Lipinski definition) is 2. The SMILES string of the molecule is O=S(=O)(F)c1cc(Br)c2ccccc2c1. The monoisotopic (exact) mass is 288 g/mol. The highest BCUT2D eigenvalue weighted by Crippen LogP contribution is 2.28. The molecule has 78 valence electrons. The highest BCUT2D eigenvalue weighted by molar-refractivity contribution is 9.10. The summed E-state index contributed by atoms with van der Waals surface area (Å²) in [4.78, 5) is -0.326. The fraction of sp³-hybridized carbons (Fsp3) is 0. The third kappa shape index (κ3) is 2.03. The van der Waals surface area contributed by atoms with Crippen LogP contribution in [0.15, 0.2) is 45.8 Å². The van der Waals surface area contributed by atoms with Crippen molar-refractivity contribution < 1.29 is 12.3 Å². The fourth-order valence-corrected chi connectivity index (χ4v) is 2.66. The summed E-state index contributed by atoms with van der Waals surface area (Å²) in [5.74, 6) is 0. The molecule has 0 aliphatic carbocycles. The normalized spacial score (nSPS) is 11.9. The van der Waals surface area contributed by atoms with Crippen LogP contribution in [0.25, 0.3) is 10.8 Å². The molecule has 0 unspecified atom stereocenters. The molecule has 0 aliphatic heterocycles. The van der Waals surface area contributed by atoms with E-state index in [-0.39, 0.29) is 4.90 Å². The molecule has 2 aromatic carbocycles. The molecule has 0 bridgehead atoms. The molecule has 0 heterocycles. The van der Waals surface area contributed by atoms with Gasteiger partial charge in [-0.25, -0.2) is 0 Å². The Morgan fingerprint density at radius 2 is 1.80 bits per heavy atom. The van der Waals surface area contributed by atoms with Crippen LogP contribution in [-0.2, 0) is 10.2 Å². The van der Waals surface area contributed by atoms with Gasteiger partial charge in [0, 0.05) is 4.47 Å². The maximum absolute atomic E-state index is 12.8. The van der Waals surface area contributed by atoms with Crippen LogP contribution in [0.2, 0.25) is 0 Å². The first-order chi connectivity index (χ1) is 6.98. The van der Waals surface area contributed by atoms with E-state index in [0.29, 0.717) is 9.86 Å². The Balaban J connectivity index is 2.85. The van der Waals surface area contributed by atoms with Gasteiger partial charge in [-0.3, -0.25) is 0 Å². The Bertz CT molecular complexity index is 622. The van der Waals surface area contributed by atoms with Crippen molar-refractivity contribution in [1.29, 1.82) is 0 Å². The molecule has 0 atom stereocenters. The first-order valence-corrected chi connectivity index (χ1v) is 6.29. The zero-order chi connectivity index (χ0) is 11.1. The highest BCUT2D eigenvalue weighted by atomic mass is 79.9. The maximum Gasteiger partial charge on any atom is 0.332 e. The second-order valence-electron chi connectivity index (χ2n) is 3.06. The predicted octanol–water partition coefficient (Wildman–Crippen LogP) is 3.26. The Kier molecular flexibility index (Phi) is 2.52. The van der Waals surface area contributed by atoms with Crippen LogP contribution in [0.4, 0.5) is 3.89 Å². The number of hydrogen-bond donors (Lipinski definition) is 0. The Hall–Kier alpha value is -0.940. The van der Waals surface area contributed by atoms with Gasteiger partial charge in [0.1, 0.15) is 4.90 Å². The average Bonchev–Trinajstić information content (AvgIpc) is 2.16. The molecule has 0 aromatic heterocycles. The van der Waals surface area contributed by atoms with Crippen LogP contribution in [0.3, 0.4) is 0 Å². The van der Waals surface area contributed by atoms with E-state index in [4.69, 9.17) is 0 Å². The fourth-order valence-electron chi connectivity index (χ4n) is 1.38. The van der Waals surface area contributed by atoms with Gasteiger partial charge in [-0.1, -0.05) is 40.2 Å². The summed E-state index contributed by atoms with van der Waals surface area (Å²) < 4.78 is 34.8. The molecule has 0 amide bonds. The molecule has 2 rings (SSSR count). The van der Waals surface area contributed by atoms with Gasteiger partial charge in [-0.05, 0) is 22.9 Å². The van der Waals surface area contributed by atoms with Crippen LogP contribution >= 0.6 is 15.9 Å². The van der Waals surface area contributed by atoms with Gasteiger partial charge in [0.05, 0.1) is 0 Å². The van der Waals surface area contributed by atoms with Gasteiger partial charge >= 0.3 is 10.2 Å². The summed E-state index contributed by atoms with van der Waals surface area (Å²) in [6, 6.07) is 9.73. The minimum Gasteiger partial charge on any atom is -0.189 e. The Morgan fingerprint density at radius 3 is 2.47 bits per heavy atom. The lowest BCUT2D eigenvalue weighted by Crippen LogP contribution is -1.92. The lowest BCUT2D eigenvalue weighted by molar-refractivity contribution is 0.552. The molecule has 0 radical (unpaired) electrons. The van der Waals surface area contributed by atoms with Crippen LogP contribution in [0.1, 0.15) is 0 Å². The van der Waals surface area contributed by atoms with Crippen molar-refractivity contribution in [2.75, 3.05) is 0 Å². The molecule has 15 heavy (non-hydrogen) atoms. The molecular formula is C10H6BrFO2S. The summed E-state index contributed by atoms with van der Waals surface area (Å²) in [6.07, 6.45) is 0. The molecule has 5 heteroatoms. The van der Waals surface area contributed by atoms with E-state index >= 15 is 0 Å². The summed E-state index contributed by atoms with van der Waals surface area (Å²) >= 11 is 3.21. The summed E-state index contributed by atoms with van der Waals surface area (Å²) in [5, 5.41) is 1.54. The summed E-state index contributed by atoms with van der Waals surface area (Å²) in [5.41, 5.74) is 0. The van der Waals surface area contributed by atoms with E-state index in [0.717, 1.165) is 5.39 Å². The number of benzene rings is 2. The second kappa shape index (κ2) is 3.57. The van der Waals surface area contributed by atoms with Crippen molar-refractivity contribution in [3.05, 3.63) is 40.9 Å². The minimum atomic E-state index is -4.65. The molecule has 0 aliphatic rings. The summed E-state index contributed by atoms with van der Waals surface area (Å²) in [7, 11) is -4.65. The smallest absolute Gasteiger partial charge is 0.189 e. The van der Waals surface area contributed by atoms with E-state index in [1.165, 1.54) is 12.1 Å². The molecule has 0 spiro atoms. The standard InChI is InChI=1S/C10H6BrFO2S/c11-10-6-8(15(12,13)14)5-7-3-1-2-4-9(7)10/h1-6H. The maximum atomic E-state index is 12.8. The zero-order valence-corrected chi connectivity index (χ0v) is 9.85. The van der Waals surface area contributed by atoms with Crippen LogP contribution in [-0.4, -0.2) is 8.42 Å². The first-order valence-electron chi connectivity index (χ1n) is 4.11. The van der Waals surface area contributed by atoms with Gasteiger partial charge in [-0.15, -0.1) is 3.89 Å². The largest absolute Gasteiger partial charge is 0.332 e. The van der Waals surface area contributed by atoms with Gasteiger partial charge in [0.2, 0.25) is 0 Å². The van der Waals surface area contributed by atoms with Crippen molar-refractivity contribution >= 4 is 36.9 Å². The number of rotatable bonds is 1. The van der Waals surface area contributed by atoms with E-state index in [2.05, 4.69) is 15.9 Å². The van der Waals surface area contributed by atoms with Crippen molar-refractivity contribution in [3.63, 3.8) is 0 Å². The summed E-state index contributed by atoms with van der Waals surface area (Å²) in [6.45, 7) is 0. The van der Waals surface area contributed by atoms with E-state index in [1.54, 1.807) is 12.1 Å². The molecule has 0 saturated carbocycles. The number of halogens is 2. The van der Waals surface area contributed by atoms with Crippen LogP contribution in [0.5, 0.6) is 0 Å². The lowest BCUT2D eigenvalue weighted by atomic mass is 10.1. The molecule has 2 aromatic rings. The average molecular weight is 289 g/mol. The zero-order valence-electron chi connectivity index (χ0n) is 7.44. The molecular weight excluding hydrogens is 283 g/mol. The lowest BCUT2D eigenvalue weighted by Gasteiger charge is -2.02. The second-order valence-corrected chi connectivity index (χ2v) is 5.27. The van der Waals surface area contributed by atoms with Gasteiger partial charge in [0.25, 0.3) is 0 Å². The molecule has 0 fully saturated rings. The van der Waals surface area contributed by atoms with E-state index in [1.807, 2.05) is 12.1 Å². The van der Waals surface area contributed by atoms with Crippen molar-refractivity contribution in [2.24, 2.45) is 0 Å². The van der Waals surface area contributed by atoms with Gasteiger partial charge in [0.15, 0.2) is 0 Å². The predicted molar refractivity (Wildman–Crippen MR) is 59.9 cm³/mol. The van der Waals surface area contributed by atoms with Gasteiger partial charge in [-0.2, -0.15) is 8.42 Å². The van der Waals surface area contributed by atoms with Crippen LogP contribution < -0.4 is 0 Å². The van der Waals surface area contributed by atoms with E-state index < -0.39 is 10.2 Å². The highest BCUT2D eigenvalue weighted by Gasteiger charge is 2.13. The first kappa shape index (κ1) is 10.6. The van der Waals surface area contributed by atoms with E-state index in [9.17, 15) is 12.3 Å². The van der Waals surface area contributed by atoms with Gasteiger partial charge < -0.3 is 0 Å². The van der Waals surface area contributed by atoms with Crippen LogP contribution in [0, 0.1) is 0 Å².